The molecule has 12 heavy (non-hydrogen) atoms. The lowest BCUT2D eigenvalue weighted by Gasteiger charge is -1.88. The summed E-state index contributed by atoms with van der Waals surface area (Å²) in [7, 11) is 0. The minimum Gasteiger partial charge on any atom is -0.300 e. The van der Waals surface area contributed by atoms with E-state index in [-0.39, 0.29) is 5.78 Å². The van der Waals surface area contributed by atoms with E-state index in [4.69, 9.17) is 0 Å². The van der Waals surface area contributed by atoms with Crippen LogP contribution in [0.5, 0.6) is 0 Å². The molecule has 0 unspecified atom stereocenters. The normalized spacial score (nSPS) is 11.5. The van der Waals surface area contributed by atoms with Gasteiger partial charge in [-0.1, -0.05) is 24.3 Å². The first kappa shape index (κ1) is 11.2. The van der Waals surface area contributed by atoms with Crippen LogP contribution in [-0.2, 0) is 4.79 Å². The van der Waals surface area contributed by atoms with Crippen molar-refractivity contribution in [1.82, 2.24) is 0 Å². The van der Waals surface area contributed by atoms with E-state index in [2.05, 4.69) is 24.3 Å². The fourth-order valence-electron chi connectivity index (χ4n) is 0.881. The molecule has 1 nitrogen and oxygen atoms in total. The Kier molecular flexibility index (Phi) is 7.66. The summed E-state index contributed by atoms with van der Waals surface area (Å²) >= 11 is 0. The molecule has 0 aromatic heterocycles. The molecule has 0 atom stereocenters. The van der Waals surface area contributed by atoms with Crippen LogP contribution >= 0.6 is 0 Å². The van der Waals surface area contributed by atoms with Crippen molar-refractivity contribution in [2.75, 3.05) is 0 Å². The van der Waals surface area contributed by atoms with Crippen molar-refractivity contribution >= 4 is 5.78 Å². The number of hydrogen-bond acceptors (Lipinski definition) is 1. The summed E-state index contributed by atoms with van der Waals surface area (Å²) in [6.45, 7) is 3.66. The van der Waals surface area contributed by atoms with E-state index in [1.807, 2.05) is 6.92 Å². The minimum atomic E-state index is 0.271. The fourth-order valence-corrected chi connectivity index (χ4v) is 0.881. The number of unbranched alkanes of at least 4 members (excludes halogenated alkanes) is 1. The zero-order chi connectivity index (χ0) is 9.23. The molecule has 0 aliphatic rings. The maximum atomic E-state index is 10.5. The number of Topliss-reactive ketones (excluding diaryl/α,β-unsaturated/α-hetero) is 1. The third kappa shape index (κ3) is 9.15. The lowest BCUT2D eigenvalue weighted by atomic mass is 10.2. The van der Waals surface area contributed by atoms with Crippen molar-refractivity contribution in [3.8, 4) is 0 Å². The third-order valence-electron chi connectivity index (χ3n) is 1.57. The molecular weight excluding hydrogens is 148 g/mol. The zero-order valence-corrected chi connectivity index (χ0v) is 8.05. The highest BCUT2D eigenvalue weighted by Gasteiger charge is 1.87. The Labute approximate surface area is 75.2 Å². The first-order valence-electron chi connectivity index (χ1n) is 4.53. The Morgan fingerprint density at radius 3 is 2.25 bits per heavy atom. The van der Waals surface area contributed by atoms with E-state index in [1.165, 1.54) is 0 Å². The van der Waals surface area contributed by atoms with Gasteiger partial charge >= 0.3 is 0 Å². The highest BCUT2D eigenvalue weighted by molar-refractivity contribution is 5.75. The molecule has 0 radical (unpaired) electrons. The molecule has 0 amide bonds. The van der Waals surface area contributed by atoms with Crippen LogP contribution in [0, 0.1) is 0 Å². The van der Waals surface area contributed by atoms with Gasteiger partial charge in [-0.25, -0.2) is 0 Å². The maximum absolute atomic E-state index is 10.5. The predicted octanol–water partition coefficient (Wildman–Crippen LogP) is 3.27. The van der Waals surface area contributed by atoms with Crippen LogP contribution in [0.25, 0.3) is 0 Å². The van der Waals surface area contributed by atoms with Crippen LogP contribution in [-0.4, -0.2) is 5.78 Å². The van der Waals surface area contributed by atoms with Gasteiger partial charge in [-0.15, -0.1) is 0 Å². The number of carbonyl (C=O) groups is 1. The summed E-state index contributed by atoms with van der Waals surface area (Å²) in [6.07, 6.45) is 12.2. The number of ketones is 1. The zero-order valence-electron chi connectivity index (χ0n) is 8.05. The van der Waals surface area contributed by atoms with Crippen molar-refractivity contribution < 1.29 is 4.79 Å². The van der Waals surface area contributed by atoms with Gasteiger partial charge in [0.1, 0.15) is 5.78 Å². The van der Waals surface area contributed by atoms with Crippen molar-refractivity contribution in [2.45, 2.75) is 39.5 Å². The van der Waals surface area contributed by atoms with E-state index in [0.717, 1.165) is 19.3 Å². The maximum Gasteiger partial charge on any atom is 0.130 e. The third-order valence-corrected chi connectivity index (χ3v) is 1.57. The van der Waals surface area contributed by atoms with Gasteiger partial charge in [0.2, 0.25) is 0 Å². The summed E-state index contributed by atoms with van der Waals surface area (Å²) in [5.74, 6) is 0.271. The molecule has 0 fully saturated rings. The Balaban J connectivity index is 3.20. The largest absolute Gasteiger partial charge is 0.300 e. The first-order valence-corrected chi connectivity index (χ1v) is 4.53. The molecule has 0 aliphatic heterocycles. The molecule has 68 valence electrons. The van der Waals surface area contributed by atoms with Gasteiger partial charge in [0.15, 0.2) is 0 Å². The molecule has 0 aromatic rings. The van der Waals surface area contributed by atoms with Gasteiger partial charge < -0.3 is 4.79 Å². The van der Waals surface area contributed by atoms with Crippen molar-refractivity contribution in [3.05, 3.63) is 24.3 Å². The van der Waals surface area contributed by atoms with Gasteiger partial charge in [0.25, 0.3) is 0 Å². The molecule has 0 spiro atoms. The molecule has 0 N–H and O–H groups in total. The lowest BCUT2D eigenvalue weighted by molar-refractivity contribution is -0.116. The fraction of sp³-hybridized carbons (Fsp3) is 0.545. The van der Waals surface area contributed by atoms with Crippen LogP contribution in [0.1, 0.15) is 39.5 Å². The van der Waals surface area contributed by atoms with E-state index in [1.54, 1.807) is 6.92 Å². The van der Waals surface area contributed by atoms with Crippen molar-refractivity contribution in [3.63, 3.8) is 0 Å². The van der Waals surface area contributed by atoms with Gasteiger partial charge in [0, 0.05) is 6.42 Å². The average molecular weight is 166 g/mol. The second-order valence-electron chi connectivity index (χ2n) is 2.86. The van der Waals surface area contributed by atoms with Crippen LogP contribution < -0.4 is 0 Å². The van der Waals surface area contributed by atoms with Gasteiger partial charge in [-0.2, -0.15) is 0 Å². The Morgan fingerprint density at radius 1 is 1.08 bits per heavy atom. The monoisotopic (exact) mass is 166 g/mol. The van der Waals surface area contributed by atoms with Crippen LogP contribution in [0.4, 0.5) is 0 Å². The molecule has 0 rings (SSSR count). The topological polar surface area (TPSA) is 17.1 Å². The SMILES string of the molecule is CC=CCCC=CCCC(C)=O. The van der Waals surface area contributed by atoms with E-state index >= 15 is 0 Å². The second-order valence-corrected chi connectivity index (χ2v) is 2.86. The summed E-state index contributed by atoms with van der Waals surface area (Å²) < 4.78 is 0. The standard InChI is InChI=1S/C11H18O/c1-3-4-5-6-7-8-9-10-11(2)12/h3-4,7-8H,5-6,9-10H2,1-2H3. The van der Waals surface area contributed by atoms with Gasteiger partial charge in [-0.05, 0) is 33.1 Å². The number of rotatable bonds is 6. The van der Waals surface area contributed by atoms with Crippen molar-refractivity contribution in [1.29, 1.82) is 0 Å². The van der Waals surface area contributed by atoms with Crippen LogP contribution in [0.3, 0.4) is 0 Å². The predicted molar refractivity (Wildman–Crippen MR) is 53.1 cm³/mol. The molecule has 1 heteroatoms. The Bertz CT molecular complexity index is 166. The first-order chi connectivity index (χ1) is 5.77. The Hall–Kier alpha value is -0.850. The molecule has 0 saturated carbocycles. The molecular formula is C11H18O. The highest BCUT2D eigenvalue weighted by atomic mass is 16.1. The van der Waals surface area contributed by atoms with E-state index < -0.39 is 0 Å². The summed E-state index contributed by atoms with van der Waals surface area (Å²) in [4.78, 5) is 10.5. The van der Waals surface area contributed by atoms with E-state index in [0.29, 0.717) is 6.42 Å². The van der Waals surface area contributed by atoms with Crippen molar-refractivity contribution in [2.24, 2.45) is 0 Å². The average Bonchev–Trinajstić information content (AvgIpc) is 2.02. The van der Waals surface area contributed by atoms with Gasteiger partial charge in [0.05, 0.1) is 0 Å². The highest BCUT2D eigenvalue weighted by Crippen LogP contribution is 1.96. The number of carbonyl (C=O) groups excluding carboxylic acids is 1. The number of allylic oxidation sites excluding steroid dienone is 4. The number of hydrogen-bond donors (Lipinski definition) is 0. The smallest absolute Gasteiger partial charge is 0.130 e. The molecule has 0 aliphatic carbocycles. The van der Waals surface area contributed by atoms with E-state index in [9.17, 15) is 4.79 Å². The molecule has 0 heterocycles. The Morgan fingerprint density at radius 2 is 1.67 bits per heavy atom. The summed E-state index contributed by atoms with van der Waals surface area (Å²) in [6, 6.07) is 0. The lowest BCUT2D eigenvalue weighted by Crippen LogP contribution is -1.86. The van der Waals surface area contributed by atoms with Gasteiger partial charge in [-0.3, -0.25) is 0 Å². The summed E-state index contributed by atoms with van der Waals surface area (Å²) in [5, 5.41) is 0. The van der Waals surface area contributed by atoms with Crippen LogP contribution in [0.15, 0.2) is 24.3 Å². The molecule has 0 bridgehead atoms. The summed E-state index contributed by atoms with van der Waals surface area (Å²) in [5.41, 5.74) is 0. The molecule has 0 aromatic carbocycles. The second kappa shape index (κ2) is 8.25. The molecule has 0 saturated heterocycles. The van der Waals surface area contributed by atoms with Crippen LogP contribution in [0.2, 0.25) is 0 Å². The quantitative estimate of drug-likeness (QED) is 0.437. The minimum absolute atomic E-state index is 0.271.